The van der Waals surface area contributed by atoms with E-state index in [1.807, 2.05) is 6.07 Å². The van der Waals surface area contributed by atoms with Gasteiger partial charge in [0, 0.05) is 17.1 Å². The van der Waals surface area contributed by atoms with Gasteiger partial charge in [-0.2, -0.15) is 18.4 Å². The zero-order valence-corrected chi connectivity index (χ0v) is 8.72. The second kappa shape index (κ2) is 3.70. The summed E-state index contributed by atoms with van der Waals surface area (Å²) in [6.07, 6.45) is -3.12. The van der Waals surface area contributed by atoms with Gasteiger partial charge in [0.05, 0.1) is 18.2 Å². The molecule has 1 aromatic heterocycles. The fourth-order valence-electron chi connectivity index (χ4n) is 1.63. The first-order valence-corrected chi connectivity index (χ1v) is 4.63. The van der Waals surface area contributed by atoms with Crippen LogP contribution in [-0.4, -0.2) is 12.1 Å². The van der Waals surface area contributed by atoms with Crippen molar-refractivity contribution in [3.63, 3.8) is 0 Å². The van der Waals surface area contributed by atoms with E-state index in [4.69, 9.17) is 10.00 Å². The van der Waals surface area contributed by atoms with Gasteiger partial charge in [-0.3, -0.25) is 0 Å². The monoisotopic (exact) mass is 240 g/mol. The van der Waals surface area contributed by atoms with Crippen LogP contribution in [0.3, 0.4) is 0 Å². The third kappa shape index (κ3) is 1.80. The molecule has 1 aromatic carbocycles. The lowest BCUT2D eigenvalue weighted by atomic mass is 10.1. The Balaban J connectivity index is 2.76. The number of hydrogen-bond donors (Lipinski definition) is 1. The lowest BCUT2D eigenvalue weighted by molar-refractivity contribution is -0.138. The molecule has 17 heavy (non-hydrogen) atoms. The minimum absolute atomic E-state index is 0.259. The van der Waals surface area contributed by atoms with Crippen LogP contribution < -0.4 is 4.74 Å². The third-order valence-electron chi connectivity index (χ3n) is 2.43. The van der Waals surface area contributed by atoms with E-state index in [1.165, 1.54) is 12.3 Å². The van der Waals surface area contributed by atoms with Crippen LogP contribution in [0.15, 0.2) is 18.3 Å². The van der Waals surface area contributed by atoms with E-state index in [1.54, 1.807) is 0 Å². The van der Waals surface area contributed by atoms with E-state index in [0.717, 1.165) is 13.2 Å². The number of halogens is 3. The molecular formula is C11H7F3N2O. The highest BCUT2D eigenvalue weighted by Gasteiger charge is 2.35. The highest BCUT2D eigenvalue weighted by Crippen LogP contribution is 2.38. The Hall–Kier alpha value is -2.16. The number of aromatic nitrogens is 1. The summed E-state index contributed by atoms with van der Waals surface area (Å²) in [6.45, 7) is 0. The smallest absolute Gasteiger partial charge is 0.420 e. The second-order valence-electron chi connectivity index (χ2n) is 3.41. The number of fused-ring (bicyclic) bond motifs is 1. The summed E-state index contributed by atoms with van der Waals surface area (Å²) in [5.74, 6) is -0.291. The topological polar surface area (TPSA) is 48.8 Å². The Morgan fingerprint density at radius 3 is 2.59 bits per heavy atom. The zero-order chi connectivity index (χ0) is 12.6. The maximum atomic E-state index is 12.7. The van der Waals surface area contributed by atoms with Crippen LogP contribution in [0.25, 0.3) is 10.9 Å². The Kier molecular flexibility index (Phi) is 2.46. The van der Waals surface area contributed by atoms with Gasteiger partial charge >= 0.3 is 6.18 Å². The molecule has 2 aromatic rings. The Labute approximate surface area is 94.4 Å². The molecule has 0 fully saturated rings. The van der Waals surface area contributed by atoms with Gasteiger partial charge in [-0.05, 0) is 12.1 Å². The highest BCUT2D eigenvalue weighted by atomic mass is 19.4. The number of methoxy groups -OCH3 is 1. The maximum absolute atomic E-state index is 12.7. The normalized spacial score (nSPS) is 11.5. The van der Waals surface area contributed by atoms with E-state index in [2.05, 4.69) is 4.98 Å². The quantitative estimate of drug-likeness (QED) is 0.832. The number of nitrogens with one attached hydrogen (secondary N) is 1. The molecule has 0 aliphatic carbocycles. The van der Waals surface area contributed by atoms with Gasteiger partial charge in [0.1, 0.15) is 11.8 Å². The van der Waals surface area contributed by atoms with Gasteiger partial charge in [0.25, 0.3) is 0 Å². The molecule has 88 valence electrons. The SMILES string of the molecule is COc1cc2c(C#N)c[nH]c2cc1C(F)(F)F. The van der Waals surface area contributed by atoms with Gasteiger partial charge < -0.3 is 9.72 Å². The van der Waals surface area contributed by atoms with Gasteiger partial charge in [-0.15, -0.1) is 0 Å². The predicted octanol–water partition coefficient (Wildman–Crippen LogP) is 3.07. The van der Waals surface area contributed by atoms with Crippen LogP contribution in [-0.2, 0) is 6.18 Å². The minimum atomic E-state index is -4.49. The van der Waals surface area contributed by atoms with Crippen LogP contribution in [0.2, 0.25) is 0 Å². The standard InChI is InChI=1S/C11H7F3N2O/c1-17-10-2-7-6(4-15)5-16-9(7)3-8(10)11(12,13)14/h2-3,5,16H,1H3. The van der Waals surface area contributed by atoms with Crippen molar-refractivity contribution in [3.05, 3.63) is 29.5 Å². The number of nitrogens with zero attached hydrogens (tertiary/aromatic N) is 1. The fraction of sp³-hybridized carbons (Fsp3) is 0.182. The van der Waals surface area contributed by atoms with E-state index >= 15 is 0 Å². The lowest BCUT2D eigenvalue weighted by Crippen LogP contribution is -2.07. The van der Waals surface area contributed by atoms with Gasteiger partial charge in [0.15, 0.2) is 0 Å². The van der Waals surface area contributed by atoms with Crippen molar-refractivity contribution < 1.29 is 17.9 Å². The van der Waals surface area contributed by atoms with Crippen molar-refractivity contribution >= 4 is 10.9 Å². The van der Waals surface area contributed by atoms with Crippen molar-refractivity contribution in [1.82, 2.24) is 4.98 Å². The summed E-state index contributed by atoms with van der Waals surface area (Å²) >= 11 is 0. The molecule has 0 aliphatic rings. The number of alkyl halides is 3. The van der Waals surface area contributed by atoms with Gasteiger partial charge in [0.2, 0.25) is 0 Å². The van der Waals surface area contributed by atoms with Crippen LogP contribution in [0.5, 0.6) is 5.75 Å². The highest BCUT2D eigenvalue weighted by molar-refractivity contribution is 5.88. The van der Waals surface area contributed by atoms with Crippen molar-refractivity contribution in [2.45, 2.75) is 6.18 Å². The first kappa shape index (κ1) is 11.3. The van der Waals surface area contributed by atoms with Crippen LogP contribution in [0.4, 0.5) is 13.2 Å². The second-order valence-corrected chi connectivity index (χ2v) is 3.41. The molecule has 0 aliphatic heterocycles. The summed E-state index contributed by atoms with van der Waals surface area (Å²) in [4.78, 5) is 2.62. The third-order valence-corrected chi connectivity index (χ3v) is 2.43. The molecule has 3 nitrogen and oxygen atoms in total. The summed E-state index contributed by atoms with van der Waals surface area (Å²) in [5, 5.41) is 9.20. The number of hydrogen-bond acceptors (Lipinski definition) is 2. The van der Waals surface area contributed by atoms with E-state index in [9.17, 15) is 13.2 Å². The van der Waals surface area contributed by atoms with Crippen molar-refractivity contribution in [3.8, 4) is 11.8 Å². The van der Waals surface area contributed by atoms with E-state index in [-0.39, 0.29) is 16.8 Å². The summed E-state index contributed by atoms with van der Waals surface area (Å²) in [5.41, 5.74) is -0.319. The number of H-pyrrole nitrogens is 1. The molecule has 1 N–H and O–H groups in total. The number of aromatic amines is 1. The first-order valence-electron chi connectivity index (χ1n) is 4.63. The van der Waals surface area contributed by atoms with Crippen molar-refractivity contribution in [1.29, 1.82) is 5.26 Å². The van der Waals surface area contributed by atoms with E-state index < -0.39 is 11.7 Å². The number of nitriles is 1. The molecule has 2 rings (SSSR count). The van der Waals surface area contributed by atoms with Crippen LogP contribution in [0, 0.1) is 11.3 Å². The van der Waals surface area contributed by atoms with Crippen LogP contribution in [0.1, 0.15) is 11.1 Å². The van der Waals surface area contributed by atoms with Gasteiger partial charge in [-0.25, -0.2) is 0 Å². The molecule has 0 spiro atoms. The lowest BCUT2D eigenvalue weighted by Gasteiger charge is -2.11. The zero-order valence-electron chi connectivity index (χ0n) is 8.72. The summed E-state index contributed by atoms with van der Waals surface area (Å²) < 4.78 is 42.8. The minimum Gasteiger partial charge on any atom is -0.496 e. The predicted molar refractivity (Wildman–Crippen MR) is 54.6 cm³/mol. The number of rotatable bonds is 1. The van der Waals surface area contributed by atoms with Crippen molar-refractivity contribution in [2.75, 3.05) is 7.11 Å². The summed E-state index contributed by atoms with van der Waals surface area (Å²) in [7, 11) is 1.16. The summed E-state index contributed by atoms with van der Waals surface area (Å²) in [6, 6.07) is 4.05. The molecule has 0 saturated heterocycles. The average molecular weight is 240 g/mol. The number of benzene rings is 1. The molecule has 6 heteroatoms. The largest absolute Gasteiger partial charge is 0.496 e. The molecule has 0 radical (unpaired) electrons. The molecule has 0 saturated carbocycles. The fourth-order valence-corrected chi connectivity index (χ4v) is 1.63. The first-order chi connectivity index (χ1) is 7.97. The van der Waals surface area contributed by atoms with Crippen LogP contribution >= 0.6 is 0 Å². The molecule has 0 bridgehead atoms. The Bertz CT molecular complexity index is 607. The molecule has 1 heterocycles. The maximum Gasteiger partial charge on any atom is 0.420 e. The molecular weight excluding hydrogens is 233 g/mol. The molecule has 0 amide bonds. The van der Waals surface area contributed by atoms with Crippen molar-refractivity contribution in [2.24, 2.45) is 0 Å². The van der Waals surface area contributed by atoms with Gasteiger partial charge in [-0.1, -0.05) is 0 Å². The molecule has 0 unspecified atom stereocenters. The number of ether oxygens (including phenoxy) is 1. The average Bonchev–Trinajstić information content (AvgIpc) is 2.68. The molecule has 0 atom stereocenters. The Morgan fingerprint density at radius 1 is 1.35 bits per heavy atom. The van der Waals surface area contributed by atoms with E-state index in [0.29, 0.717) is 5.39 Å². The Morgan fingerprint density at radius 2 is 2.06 bits per heavy atom.